The van der Waals surface area contributed by atoms with E-state index in [1.165, 1.54) is 17.8 Å². The Kier molecular flexibility index (Phi) is 6.23. The fourth-order valence-electron chi connectivity index (χ4n) is 1.84. The molecule has 0 bridgehead atoms. The minimum Gasteiger partial charge on any atom is -0.496 e. The quantitative estimate of drug-likeness (QED) is 0.599. The third-order valence-corrected chi connectivity index (χ3v) is 4.20. The maximum Gasteiger partial charge on any atom is 0.262 e. The summed E-state index contributed by atoms with van der Waals surface area (Å²) in [5.41, 5.74) is 3.56. The van der Waals surface area contributed by atoms with Crippen LogP contribution in [0.15, 0.2) is 33.9 Å². The van der Waals surface area contributed by atoms with E-state index in [1.807, 2.05) is 25.1 Å². The first-order valence-corrected chi connectivity index (χ1v) is 8.70. The number of benzene rings is 1. The van der Waals surface area contributed by atoms with Crippen molar-refractivity contribution in [2.45, 2.75) is 19.0 Å². The third kappa shape index (κ3) is 4.59. The molecule has 23 heavy (non-hydrogen) atoms. The predicted molar refractivity (Wildman–Crippen MR) is 95.3 cm³/mol. The molecule has 1 amide bonds. The van der Waals surface area contributed by atoms with Gasteiger partial charge in [0.15, 0.2) is 0 Å². The molecule has 1 N–H and O–H groups in total. The second-order valence-corrected chi connectivity index (χ2v) is 6.64. The summed E-state index contributed by atoms with van der Waals surface area (Å²) in [4.78, 5) is 12.1. The van der Waals surface area contributed by atoms with Crippen LogP contribution in [0.5, 0.6) is 5.75 Å². The lowest BCUT2D eigenvalue weighted by molar-refractivity contribution is -0.112. The van der Waals surface area contributed by atoms with Crippen LogP contribution < -0.4 is 10.2 Å². The summed E-state index contributed by atoms with van der Waals surface area (Å²) in [5.74, 6) is 1.90. The van der Waals surface area contributed by atoms with Gasteiger partial charge in [-0.3, -0.25) is 10.2 Å². The van der Waals surface area contributed by atoms with Gasteiger partial charge in [0.25, 0.3) is 5.91 Å². The molecular weight excluding hydrogens is 380 g/mol. The van der Waals surface area contributed by atoms with Gasteiger partial charge in [0, 0.05) is 16.1 Å². The monoisotopic (exact) mass is 396 g/mol. The number of hydrogen-bond acceptors (Lipinski definition) is 5. The Morgan fingerprint density at radius 2 is 2.26 bits per heavy atom. The fourth-order valence-corrected chi connectivity index (χ4v) is 2.89. The molecule has 0 radical (unpaired) electrons. The van der Waals surface area contributed by atoms with Gasteiger partial charge in [-0.25, -0.2) is 4.68 Å². The zero-order valence-corrected chi connectivity index (χ0v) is 15.4. The topological polar surface area (TPSA) is 69.0 Å². The summed E-state index contributed by atoms with van der Waals surface area (Å²) in [6, 6.07) is 5.59. The standard InChI is InChI=1S/C15H17BrN4O2S/c1-4-23-15-18-17-10(2)20(15)19-14(21)8-5-11-9-12(16)6-7-13(11)22-3/h5-9H,4H2,1-3H3,(H,19,21). The van der Waals surface area contributed by atoms with Crippen molar-refractivity contribution in [2.75, 3.05) is 18.3 Å². The molecule has 1 aromatic heterocycles. The first-order chi connectivity index (χ1) is 11.0. The summed E-state index contributed by atoms with van der Waals surface area (Å²) >= 11 is 4.92. The maximum absolute atomic E-state index is 12.1. The Morgan fingerprint density at radius 1 is 1.48 bits per heavy atom. The van der Waals surface area contributed by atoms with Gasteiger partial charge in [0.05, 0.1) is 7.11 Å². The van der Waals surface area contributed by atoms with Gasteiger partial charge >= 0.3 is 0 Å². The average molecular weight is 397 g/mol. The highest BCUT2D eigenvalue weighted by Crippen LogP contribution is 2.24. The Hall–Kier alpha value is -1.80. The second kappa shape index (κ2) is 8.16. The molecule has 1 aromatic carbocycles. The maximum atomic E-state index is 12.1. The van der Waals surface area contributed by atoms with Crippen molar-refractivity contribution < 1.29 is 9.53 Å². The van der Waals surface area contributed by atoms with E-state index >= 15 is 0 Å². The van der Waals surface area contributed by atoms with E-state index in [-0.39, 0.29) is 5.91 Å². The molecule has 0 aliphatic rings. The number of aryl methyl sites for hydroxylation is 1. The number of rotatable bonds is 6. The molecule has 0 atom stereocenters. The molecule has 8 heteroatoms. The Bertz CT molecular complexity index is 730. The van der Waals surface area contributed by atoms with Crippen LogP contribution in [0.2, 0.25) is 0 Å². The van der Waals surface area contributed by atoms with Crippen molar-refractivity contribution in [1.29, 1.82) is 0 Å². The number of hydrogen-bond donors (Lipinski definition) is 1. The number of halogens is 1. The minimum absolute atomic E-state index is 0.270. The van der Waals surface area contributed by atoms with Gasteiger partial charge < -0.3 is 4.74 Å². The molecule has 0 aliphatic carbocycles. The van der Waals surface area contributed by atoms with E-state index in [0.717, 1.165) is 15.8 Å². The normalized spacial score (nSPS) is 11.0. The molecule has 0 fully saturated rings. The van der Waals surface area contributed by atoms with Gasteiger partial charge in [0.2, 0.25) is 5.16 Å². The van der Waals surface area contributed by atoms with Crippen LogP contribution in [-0.4, -0.2) is 33.6 Å². The van der Waals surface area contributed by atoms with Crippen molar-refractivity contribution in [3.8, 4) is 5.75 Å². The molecule has 6 nitrogen and oxygen atoms in total. The van der Waals surface area contributed by atoms with Gasteiger partial charge in [-0.1, -0.05) is 34.6 Å². The predicted octanol–water partition coefficient (Wildman–Crippen LogP) is 3.25. The van der Waals surface area contributed by atoms with Gasteiger partial charge in [-0.05, 0) is 37.0 Å². The van der Waals surface area contributed by atoms with Crippen LogP contribution in [0.1, 0.15) is 18.3 Å². The summed E-state index contributed by atoms with van der Waals surface area (Å²) in [5, 5.41) is 8.66. The summed E-state index contributed by atoms with van der Waals surface area (Å²) in [6.07, 6.45) is 3.15. The first kappa shape index (κ1) is 17.6. The van der Waals surface area contributed by atoms with Crippen molar-refractivity contribution in [3.05, 3.63) is 40.1 Å². The van der Waals surface area contributed by atoms with Crippen LogP contribution in [0, 0.1) is 6.92 Å². The zero-order valence-electron chi connectivity index (χ0n) is 13.0. The first-order valence-electron chi connectivity index (χ1n) is 6.92. The van der Waals surface area contributed by atoms with E-state index < -0.39 is 0 Å². The summed E-state index contributed by atoms with van der Waals surface area (Å²) < 4.78 is 7.77. The number of nitrogens with zero attached hydrogens (tertiary/aromatic N) is 3. The number of carbonyl (C=O) groups excluding carboxylic acids is 1. The highest BCUT2D eigenvalue weighted by Gasteiger charge is 2.10. The van der Waals surface area contributed by atoms with E-state index in [1.54, 1.807) is 24.8 Å². The largest absolute Gasteiger partial charge is 0.496 e. The number of amides is 1. The number of thioether (sulfide) groups is 1. The Labute approximate surface area is 147 Å². The van der Waals surface area contributed by atoms with Crippen LogP contribution in [0.4, 0.5) is 0 Å². The number of ether oxygens (including phenoxy) is 1. The van der Waals surface area contributed by atoms with Gasteiger partial charge in [-0.15, -0.1) is 10.2 Å². The highest BCUT2D eigenvalue weighted by atomic mass is 79.9. The molecule has 0 unspecified atom stereocenters. The second-order valence-electron chi connectivity index (χ2n) is 4.49. The SMILES string of the molecule is CCSc1nnc(C)n1NC(=O)C=Cc1cc(Br)ccc1OC. The Morgan fingerprint density at radius 3 is 2.96 bits per heavy atom. The van der Waals surface area contributed by atoms with E-state index in [9.17, 15) is 4.79 Å². The molecule has 0 spiro atoms. The van der Waals surface area contributed by atoms with Gasteiger partial charge in [-0.2, -0.15) is 0 Å². The number of nitrogens with one attached hydrogen (secondary N) is 1. The van der Waals surface area contributed by atoms with Crippen LogP contribution in [0.25, 0.3) is 6.08 Å². The van der Waals surface area contributed by atoms with Crippen molar-refractivity contribution >= 4 is 39.7 Å². The van der Waals surface area contributed by atoms with Crippen molar-refractivity contribution in [3.63, 3.8) is 0 Å². The van der Waals surface area contributed by atoms with Gasteiger partial charge in [0.1, 0.15) is 11.6 Å². The van der Waals surface area contributed by atoms with Crippen LogP contribution >= 0.6 is 27.7 Å². The van der Waals surface area contributed by atoms with E-state index in [2.05, 4.69) is 31.6 Å². The lowest BCUT2D eigenvalue weighted by atomic mass is 10.2. The van der Waals surface area contributed by atoms with Crippen molar-refractivity contribution in [1.82, 2.24) is 14.9 Å². The fraction of sp³-hybridized carbons (Fsp3) is 0.267. The van der Waals surface area contributed by atoms with Crippen LogP contribution in [0.3, 0.4) is 0 Å². The zero-order chi connectivity index (χ0) is 16.8. The lowest BCUT2D eigenvalue weighted by Gasteiger charge is -2.08. The highest BCUT2D eigenvalue weighted by molar-refractivity contribution is 9.10. The van der Waals surface area contributed by atoms with Crippen LogP contribution in [-0.2, 0) is 4.79 Å². The number of methoxy groups -OCH3 is 1. The molecule has 0 aliphatic heterocycles. The molecule has 1 heterocycles. The summed E-state index contributed by atoms with van der Waals surface area (Å²) in [7, 11) is 1.59. The molecule has 122 valence electrons. The molecular formula is C15H17BrN4O2S. The van der Waals surface area contributed by atoms with E-state index in [4.69, 9.17) is 4.74 Å². The lowest BCUT2D eigenvalue weighted by Crippen LogP contribution is -2.22. The summed E-state index contributed by atoms with van der Waals surface area (Å²) in [6.45, 7) is 3.80. The number of carbonyl (C=O) groups is 1. The Balaban J connectivity index is 2.14. The average Bonchev–Trinajstić information content (AvgIpc) is 2.86. The third-order valence-electron chi connectivity index (χ3n) is 2.90. The van der Waals surface area contributed by atoms with E-state index in [0.29, 0.717) is 16.7 Å². The molecule has 2 rings (SSSR count). The number of aromatic nitrogens is 3. The molecule has 0 saturated carbocycles. The van der Waals surface area contributed by atoms with Crippen molar-refractivity contribution in [2.24, 2.45) is 0 Å². The molecule has 2 aromatic rings. The minimum atomic E-state index is -0.270. The molecule has 0 saturated heterocycles. The smallest absolute Gasteiger partial charge is 0.262 e.